The third-order valence-corrected chi connectivity index (χ3v) is 9.27. The normalized spacial score (nSPS) is 40.3. The second-order valence-electron chi connectivity index (χ2n) is 10.9. The molecule has 8 atom stereocenters. The van der Waals surface area contributed by atoms with Crippen LogP contribution in [0.25, 0.3) is 0 Å². The summed E-state index contributed by atoms with van der Waals surface area (Å²) < 4.78 is 0. The van der Waals surface area contributed by atoms with E-state index in [1.54, 1.807) is 19.1 Å². The molecule has 8 heteroatoms. The third-order valence-electron chi connectivity index (χ3n) is 9.27. The first-order valence-electron chi connectivity index (χ1n) is 11.8. The molecule has 0 spiro atoms. The molecular formula is C26H32O8. The van der Waals surface area contributed by atoms with Crippen molar-refractivity contribution in [2.24, 2.45) is 34.5 Å². The van der Waals surface area contributed by atoms with Gasteiger partial charge in [-0.15, -0.1) is 0 Å². The Morgan fingerprint density at radius 2 is 1.88 bits per heavy atom. The van der Waals surface area contributed by atoms with Gasteiger partial charge in [-0.1, -0.05) is 37.1 Å². The molecule has 34 heavy (non-hydrogen) atoms. The molecule has 0 aromatic rings. The van der Waals surface area contributed by atoms with Gasteiger partial charge in [0.1, 0.15) is 17.6 Å². The van der Waals surface area contributed by atoms with Crippen LogP contribution < -0.4 is 0 Å². The van der Waals surface area contributed by atoms with E-state index in [0.29, 0.717) is 12.8 Å². The molecule has 4 N–H and O–H groups in total. The lowest BCUT2D eigenvalue weighted by atomic mass is 9.51. The molecule has 4 rings (SSSR count). The summed E-state index contributed by atoms with van der Waals surface area (Å²) in [5.74, 6) is -6.49. The fourth-order valence-electron chi connectivity index (χ4n) is 7.32. The maximum absolute atomic E-state index is 13.5. The lowest BCUT2D eigenvalue weighted by molar-refractivity contribution is -0.174. The average Bonchev–Trinajstić information content (AvgIpc) is 2.98. The van der Waals surface area contributed by atoms with Crippen molar-refractivity contribution in [1.82, 2.24) is 0 Å². The van der Waals surface area contributed by atoms with Crippen molar-refractivity contribution < 1.29 is 39.6 Å². The summed E-state index contributed by atoms with van der Waals surface area (Å²) in [6, 6.07) is 0. The molecule has 0 aromatic carbocycles. The van der Waals surface area contributed by atoms with Crippen LogP contribution in [0.4, 0.5) is 0 Å². The zero-order valence-corrected chi connectivity index (χ0v) is 19.7. The number of hydrogen-bond acceptors (Lipinski definition) is 6. The van der Waals surface area contributed by atoms with Crippen molar-refractivity contribution in [2.75, 3.05) is 0 Å². The Labute approximate surface area is 198 Å². The number of carboxylic acid groups (broad SMARTS) is 2. The van der Waals surface area contributed by atoms with Crippen molar-refractivity contribution in [1.29, 1.82) is 0 Å². The molecule has 8 nitrogen and oxygen atoms in total. The smallest absolute Gasteiger partial charge is 0.310 e. The van der Waals surface area contributed by atoms with E-state index in [9.17, 15) is 34.5 Å². The van der Waals surface area contributed by atoms with Gasteiger partial charge in [0, 0.05) is 10.8 Å². The predicted molar refractivity (Wildman–Crippen MR) is 120 cm³/mol. The highest BCUT2D eigenvalue weighted by molar-refractivity contribution is 6.01. The van der Waals surface area contributed by atoms with Crippen molar-refractivity contribution >= 4 is 23.5 Å². The van der Waals surface area contributed by atoms with E-state index in [4.69, 9.17) is 5.11 Å². The number of ketones is 2. The highest BCUT2D eigenvalue weighted by Crippen LogP contribution is 2.66. The molecule has 0 saturated heterocycles. The monoisotopic (exact) mass is 472 g/mol. The number of carbonyl (C=O) groups excluding carboxylic acids is 2. The van der Waals surface area contributed by atoms with Gasteiger partial charge in [0.2, 0.25) is 0 Å². The molecule has 0 aromatic heterocycles. The van der Waals surface area contributed by atoms with Crippen LogP contribution >= 0.6 is 0 Å². The van der Waals surface area contributed by atoms with E-state index >= 15 is 0 Å². The molecule has 0 radical (unpaired) electrons. The number of carboxylic acids is 2. The number of fused-ring (bicyclic) bond motifs is 5. The second-order valence-corrected chi connectivity index (χ2v) is 10.9. The minimum Gasteiger partial charge on any atom is -0.481 e. The van der Waals surface area contributed by atoms with E-state index in [0.717, 1.165) is 18.4 Å². The maximum atomic E-state index is 13.5. The van der Waals surface area contributed by atoms with Crippen LogP contribution in [0.5, 0.6) is 0 Å². The van der Waals surface area contributed by atoms with Crippen LogP contribution in [-0.4, -0.2) is 55.6 Å². The lowest BCUT2D eigenvalue weighted by Gasteiger charge is -2.54. The Morgan fingerprint density at radius 1 is 1.21 bits per heavy atom. The number of aliphatic hydroxyl groups excluding tert-OH is 1. The van der Waals surface area contributed by atoms with Gasteiger partial charge in [-0.2, -0.15) is 0 Å². The molecule has 4 unspecified atom stereocenters. The average molecular weight is 473 g/mol. The van der Waals surface area contributed by atoms with E-state index in [1.165, 1.54) is 5.57 Å². The molecule has 0 bridgehead atoms. The first-order valence-corrected chi connectivity index (χ1v) is 11.8. The molecule has 4 aliphatic rings. The number of Topliss-reactive ketones (excluding diaryl/α,β-unsaturated/α-hetero) is 1. The summed E-state index contributed by atoms with van der Waals surface area (Å²) in [6.45, 7) is 5.64. The van der Waals surface area contributed by atoms with Gasteiger partial charge in [-0.05, 0) is 62.5 Å². The van der Waals surface area contributed by atoms with Crippen LogP contribution in [0.2, 0.25) is 0 Å². The summed E-state index contributed by atoms with van der Waals surface area (Å²) in [6.07, 6.45) is 6.58. The van der Waals surface area contributed by atoms with Gasteiger partial charge in [0.25, 0.3) is 0 Å². The van der Waals surface area contributed by atoms with Gasteiger partial charge in [0.15, 0.2) is 11.6 Å². The first kappa shape index (κ1) is 24.5. The largest absolute Gasteiger partial charge is 0.481 e. The summed E-state index contributed by atoms with van der Waals surface area (Å²) in [7, 11) is 0. The fourth-order valence-corrected chi connectivity index (χ4v) is 7.32. The van der Waals surface area contributed by atoms with E-state index in [1.807, 2.05) is 19.1 Å². The maximum Gasteiger partial charge on any atom is 0.310 e. The summed E-state index contributed by atoms with van der Waals surface area (Å²) in [4.78, 5) is 48.2. The van der Waals surface area contributed by atoms with Crippen molar-refractivity contribution in [3.05, 3.63) is 35.5 Å². The van der Waals surface area contributed by atoms with Crippen molar-refractivity contribution in [2.45, 2.75) is 64.6 Å². The number of aliphatic carboxylic acids is 2. The summed E-state index contributed by atoms with van der Waals surface area (Å²) in [5, 5.41) is 41.1. The number of carbonyl (C=O) groups is 4. The van der Waals surface area contributed by atoms with E-state index in [2.05, 4.69) is 6.92 Å². The highest BCUT2D eigenvalue weighted by atomic mass is 16.4. The molecule has 4 aliphatic carbocycles. The van der Waals surface area contributed by atoms with Gasteiger partial charge in [-0.3, -0.25) is 19.2 Å². The highest BCUT2D eigenvalue weighted by Gasteiger charge is 2.68. The standard InChI is InChI=1S/C26H32O8/c1-13-10-19-16-5-4-14-11-15(27)6-8-24(14,2)18(16)7-9-25(19,3)26(13,34)22(31)21(30)17(23(32)33)12-20(28)29/h6-8,11,13,16-17,19,21,30,34H,4-5,9-10,12H2,1-3H3,(H,28,29)(H,32,33)/t13-,16?,17?,19?,21?,24+,25+,26+/m1/s1. The number of aliphatic hydroxyl groups is 2. The van der Waals surface area contributed by atoms with Crippen LogP contribution in [0.3, 0.4) is 0 Å². The van der Waals surface area contributed by atoms with Gasteiger partial charge in [-0.25, -0.2) is 0 Å². The Morgan fingerprint density at radius 3 is 2.50 bits per heavy atom. The molecule has 0 aliphatic heterocycles. The van der Waals surface area contributed by atoms with Gasteiger partial charge in [0.05, 0.1) is 6.42 Å². The molecule has 184 valence electrons. The Hall–Kier alpha value is -2.58. The Bertz CT molecular complexity index is 1050. The molecule has 2 saturated carbocycles. The van der Waals surface area contributed by atoms with Crippen molar-refractivity contribution in [3.8, 4) is 0 Å². The van der Waals surface area contributed by atoms with Crippen LogP contribution in [0.15, 0.2) is 35.5 Å². The zero-order valence-electron chi connectivity index (χ0n) is 19.7. The molecule has 0 heterocycles. The molecular weight excluding hydrogens is 440 g/mol. The van der Waals surface area contributed by atoms with E-state index < -0.39 is 53.1 Å². The number of rotatable bonds is 6. The summed E-state index contributed by atoms with van der Waals surface area (Å²) in [5.41, 5.74) is -1.09. The molecule has 0 amide bonds. The SMILES string of the molecule is C[C@@H]1CC2C3CCC4=CC(=O)C=C[C@]4(C)C3=CC[C@]2(C)[C@@]1(O)C(=O)C(O)C(CC(=O)O)C(=O)O. The minimum absolute atomic E-state index is 0.0232. The van der Waals surface area contributed by atoms with Crippen LogP contribution in [0.1, 0.15) is 52.9 Å². The Balaban J connectivity index is 1.71. The predicted octanol–water partition coefficient (Wildman–Crippen LogP) is 2.30. The van der Waals surface area contributed by atoms with Gasteiger partial charge < -0.3 is 20.4 Å². The lowest BCUT2D eigenvalue weighted by Crippen LogP contribution is -2.60. The quantitative estimate of drug-likeness (QED) is 0.430. The number of hydrogen-bond donors (Lipinski definition) is 4. The second kappa shape index (κ2) is 7.99. The number of allylic oxidation sites excluding steroid dienone is 6. The fraction of sp³-hybridized carbons (Fsp3) is 0.615. The first-order chi connectivity index (χ1) is 15.8. The third kappa shape index (κ3) is 3.26. The zero-order chi connectivity index (χ0) is 25.2. The van der Waals surface area contributed by atoms with Gasteiger partial charge >= 0.3 is 11.9 Å². The Kier molecular flexibility index (Phi) is 5.76. The topological polar surface area (TPSA) is 149 Å². The van der Waals surface area contributed by atoms with Crippen molar-refractivity contribution in [3.63, 3.8) is 0 Å². The summed E-state index contributed by atoms with van der Waals surface area (Å²) >= 11 is 0. The van der Waals surface area contributed by atoms with Crippen LogP contribution in [0, 0.1) is 34.5 Å². The molecule has 2 fully saturated rings. The minimum atomic E-state index is -2.13. The van der Waals surface area contributed by atoms with Crippen LogP contribution in [-0.2, 0) is 19.2 Å². The van der Waals surface area contributed by atoms with E-state index in [-0.39, 0.29) is 23.0 Å².